The van der Waals surface area contributed by atoms with Crippen molar-refractivity contribution in [1.29, 1.82) is 0 Å². The maximum absolute atomic E-state index is 12.0. The highest BCUT2D eigenvalue weighted by Crippen LogP contribution is 2.17. The van der Waals surface area contributed by atoms with E-state index in [1.165, 1.54) is 18.4 Å². The molecule has 0 heterocycles. The Morgan fingerprint density at radius 1 is 1.27 bits per heavy atom. The molecule has 0 aromatic heterocycles. The lowest BCUT2D eigenvalue weighted by atomic mass is 10.1. The average molecular weight is 302 g/mol. The van der Waals surface area contributed by atoms with Crippen molar-refractivity contribution in [2.45, 2.75) is 58.5 Å². The van der Waals surface area contributed by atoms with Gasteiger partial charge in [0.2, 0.25) is 11.8 Å². The lowest BCUT2D eigenvalue weighted by molar-refractivity contribution is -0.130. The highest BCUT2D eigenvalue weighted by atomic mass is 16.2. The van der Waals surface area contributed by atoms with Crippen LogP contribution in [0.3, 0.4) is 0 Å². The SMILES string of the molecule is CC(=O)N(CCC(=O)NC1CCCC1)Cc1cccc(C)c1. The van der Waals surface area contributed by atoms with Crippen LogP contribution in [0, 0.1) is 6.92 Å². The second kappa shape index (κ2) is 7.97. The predicted octanol–water partition coefficient (Wildman–Crippen LogP) is 2.79. The summed E-state index contributed by atoms with van der Waals surface area (Å²) in [6, 6.07) is 8.47. The molecule has 1 aliphatic rings. The molecule has 120 valence electrons. The van der Waals surface area contributed by atoms with Crippen LogP contribution < -0.4 is 5.32 Å². The first-order valence-electron chi connectivity index (χ1n) is 8.15. The summed E-state index contributed by atoms with van der Waals surface area (Å²) >= 11 is 0. The maximum Gasteiger partial charge on any atom is 0.221 e. The van der Waals surface area contributed by atoms with Crippen LogP contribution in [-0.4, -0.2) is 29.3 Å². The maximum atomic E-state index is 12.0. The zero-order valence-corrected chi connectivity index (χ0v) is 13.6. The van der Waals surface area contributed by atoms with Crippen molar-refractivity contribution >= 4 is 11.8 Å². The molecule has 1 saturated carbocycles. The van der Waals surface area contributed by atoms with Gasteiger partial charge >= 0.3 is 0 Å². The molecule has 1 aromatic rings. The van der Waals surface area contributed by atoms with E-state index in [2.05, 4.69) is 11.4 Å². The number of carbonyl (C=O) groups is 2. The summed E-state index contributed by atoms with van der Waals surface area (Å²) in [6.45, 7) is 4.64. The molecule has 0 aliphatic heterocycles. The Labute approximate surface area is 132 Å². The van der Waals surface area contributed by atoms with Gasteiger partial charge in [0.05, 0.1) is 0 Å². The van der Waals surface area contributed by atoms with Gasteiger partial charge in [-0.2, -0.15) is 0 Å². The van der Waals surface area contributed by atoms with Gasteiger partial charge in [0, 0.05) is 32.5 Å². The van der Waals surface area contributed by atoms with Crippen molar-refractivity contribution in [1.82, 2.24) is 10.2 Å². The molecule has 4 nitrogen and oxygen atoms in total. The van der Waals surface area contributed by atoms with Crippen LogP contribution in [0.2, 0.25) is 0 Å². The minimum absolute atomic E-state index is 0.00942. The van der Waals surface area contributed by atoms with E-state index in [4.69, 9.17) is 0 Å². The van der Waals surface area contributed by atoms with Gasteiger partial charge in [-0.1, -0.05) is 42.7 Å². The average Bonchev–Trinajstić information content (AvgIpc) is 2.96. The number of amides is 2. The molecule has 1 aromatic carbocycles. The molecular formula is C18H26N2O2. The second-order valence-corrected chi connectivity index (χ2v) is 6.23. The first-order chi connectivity index (χ1) is 10.5. The number of nitrogens with zero attached hydrogens (tertiary/aromatic N) is 1. The molecule has 1 aliphatic carbocycles. The predicted molar refractivity (Wildman–Crippen MR) is 87.3 cm³/mol. The van der Waals surface area contributed by atoms with Crippen molar-refractivity contribution in [2.24, 2.45) is 0 Å². The molecule has 0 saturated heterocycles. The van der Waals surface area contributed by atoms with E-state index in [0.29, 0.717) is 25.6 Å². The van der Waals surface area contributed by atoms with Gasteiger partial charge in [-0.3, -0.25) is 9.59 Å². The van der Waals surface area contributed by atoms with Crippen molar-refractivity contribution in [2.75, 3.05) is 6.54 Å². The number of hydrogen-bond acceptors (Lipinski definition) is 2. The third-order valence-electron chi connectivity index (χ3n) is 4.23. The molecule has 22 heavy (non-hydrogen) atoms. The van der Waals surface area contributed by atoms with Gasteiger partial charge in [-0.15, -0.1) is 0 Å². The smallest absolute Gasteiger partial charge is 0.221 e. The molecule has 1 fully saturated rings. The Kier molecular flexibility index (Phi) is 5.99. The molecule has 1 N–H and O–H groups in total. The van der Waals surface area contributed by atoms with Gasteiger partial charge in [0.15, 0.2) is 0 Å². The molecule has 4 heteroatoms. The summed E-state index contributed by atoms with van der Waals surface area (Å²) in [5, 5.41) is 3.07. The first kappa shape index (κ1) is 16.5. The van der Waals surface area contributed by atoms with E-state index >= 15 is 0 Å². The van der Waals surface area contributed by atoms with Crippen LogP contribution in [0.15, 0.2) is 24.3 Å². The summed E-state index contributed by atoms with van der Waals surface area (Å²) in [5.41, 5.74) is 2.28. The number of carbonyl (C=O) groups excluding carboxylic acids is 2. The second-order valence-electron chi connectivity index (χ2n) is 6.23. The van der Waals surface area contributed by atoms with Crippen LogP contribution >= 0.6 is 0 Å². The van der Waals surface area contributed by atoms with E-state index in [0.717, 1.165) is 18.4 Å². The Morgan fingerprint density at radius 3 is 2.64 bits per heavy atom. The van der Waals surface area contributed by atoms with E-state index in [1.807, 2.05) is 25.1 Å². The summed E-state index contributed by atoms with van der Waals surface area (Å²) < 4.78 is 0. The Morgan fingerprint density at radius 2 is 2.00 bits per heavy atom. The van der Waals surface area contributed by atoms with E-state index < -0.39 is 0 Å². The highest BCUT2D eigenvalue weighted by Gasteiger charge is 2.18. The number of benzene rings is 1. The normalized spacial score (nSPS) is 14.8. The monoisotopic (exact) mass is 302 g/mol. The number of rotatable bonds is 6. The third kappa shape index (κ3) is 5.17. The molecule has 2 rings (SSSR count). The van der Waals surface area contributed by atoms with E-state index in [-0.39, 0.29) is 11.8 Å². The van der Waals surface area contributed by atoms with Crippen molar-refractivity contribution in [3.8, 4) is 0 Å². The molecule has 0 bridgehead atoms. The molecule has 0 radical (unpaired) electrons. The van der Waals surface area contributed by atoms with Crippen LogP contribution in [0.5, 0.6) is 0 Å². The quantitative estimate of drug-likeness (QED) is 0.878. The fourth-order valence-electron chi connectivity index (χ4n) is 2.99. The lowest BCUT2D eigenvalue weighted by Gasteiger charge is -2.22. The minimum atomic E-state index is 0.00942. The fourth-order valence-corrected chi connectivity index (χ4v) is 2.99. The third-order valence-corrected chi connectivity index (χ3v) is 4.23. The summed E-state index contributed by atoms with van der Waals surface area (Å²) in [6.07, 6.45) is 4.97. The van der Waals surface area contributed by atoms with Gasteiger partial charge in [-0.25, -0.2) is 0 Å². The molecule has 2 amide bonds. The largest absolute Gasteiger partial charge is 0.353 e. The highest BCUT2D eigenvalue weighted by molar-refractivity contribution is 5.78. The van der Waals surface area contributed by atoms with Crippen LogP contribution in [0.4, 0.5) is 0 Å². The summed E-state index contributed by atoms with van der Waals surface area (Å²) in [4.78, 5) is 25.5. The zero-order valence-electron chi connectivity index (χ0n) is 13.6. The summed E-state index contributed by atoms with van der Waals surface area (Å²) in [7, 11) is 0. The lowest BCUT2D eigenvalue weighted by Crippen LogP contribution is -2.36. The van der Waals surface area contributed by atoms with Gasteiger partial charge in [0.25, 0.3) is 0 Å². The van der Waals surface area contributed by atoms with Gasteiger partial charge in [-0.05, 0) is 25.3 Å². The zero-order chi connectivity index (χ0) is 15.9. The Hall–Kier alpha value is -1.84. The van der Waals surface area contributed by atoms with Crippen LogP contribution in [0.25, 0.3) is 0 Å². The van der Waals surface area contributed by atoms with Crippen molar-refractivity contribution in [3.63, 3.8) is 0 Å². The standard InChI is InChI=1S/C18H26N2O2/c1-14-6-5-7-16(12-14)13-20(15(2)21)11-10-18(22)19-17-8-3-4-9-17/h5-7,12,17H,3-4,8-11,13H2,1-2H3,(H,19,22). The topological polar surface area (TPSA) is 49.4 Å². The minimum Gasteiger partial charge on any atom is -0.353 e. The molecule has 0 spiro atoms. The van der Waals surface area contributed by atoms with Crippen molar-refractivity contribution < 1.29 is 9.59 Å². The molecule has 0 atom stereocenters. The van der Waals surface area contributed by atoms with Gasteiger partial charge < -0.3 is 10.2 Å². The number of hydrogen-bond donors (Lipinski definition) is 1. The number of aryl methyl sites for hydroxylation is 1. The van der Waals surface area contributed by atoms with Crippen molar-refractivity contribution in [3.05, 3.63) is 35.4 Å². The number of nitrogens with one attached hydrogen (secondary N) is 1. The summed E-state index contributed by atoms with van der Waals surface area (Å²) in [5.74, 6) is 0.0672. The van der Waals surface area contributed by atoms with Crippen LogP contribution in [-0.2, 0) is 16.1 Å². The fraction of sp³-hybridized carbons (Fsp3) is 0.556. The van der Waals surface area contributed by atoms with Gasteiger partial charge in [0.1, 0.15) is 0 Å². The Balaban J connectivity index is 1.83. The first-order valence-corrected chi connectivity index (χ1v) is 8.15. The Bertz CT molecular complexity index is 522. The van der Waals surface area contributed by atoms with Crippen LogP contribution in [0.1, 0.15) is 50.2 Å². The van der Waals surface area contributed by atoms with E-state index in [9.17, 15) is 9.59 Å². The molecular weight excluding hydrogens is 276 g/mol. The molecule has 0 unspecified atom stereocenters. The van der Waals surface area contributed by atoms with E-state index in [1.54, 1.807) is 11.8 Å².